The molecular formula is C13H17N3S2. The van der Waals surface area contributed by atoms with Gasteiger partial charge in [0, 0.05) is 28.5 Å². The van der Waals surface area contributed by atoms with E-state index >= 15 is 0 Å². The monoisotopic (exact) mass is 279 g/mol. The lowest BCUT2D eigenvalue weighted by atomic mass is 10.1. The first-order valence-corrected chi connectivity index (χ1v) is 8.04. The van der Waals surface area contributed by atoms with E-state index in [1.54, 1.807) is 28.2 Å². The van der Waals surface area contributed by atoms with Crippen LogP contribution >= 0.6 is 23.5 Å². The number of benzene rings is 1. The minimum atomic E-state index is 0.684. The van der Waals surface area contributed by atoms with Crippen LogP contribution in [0.5, 0.6) is 0 Å². The number of thioether (sulfide) groups is 2. The molecule has 0 fully saturated rings. The quantitative estimate of drug-likeness (QED) is 0.874. The van der Waals surface area contributed by atoms with Crippen LogP contribution in [0.1, 0.15) is 5.56 Å². The molecule has 2 rings (SSSR count). The lowest BCUT2D eigenvalue weighted by molar-refractivity contribution is 0.781. The summed E-state index contributed by atoms with van der Waals surface area (Å²) in [5.74, 6) is 0.684. The molecule has 0 saturated heterocycles. The Kier molecular flexibility index (Phi) is 3.92. The van der Waals surface area contributed by atoms with E-state index in [1.165, 1.54) is 15.4 Å². The van der Waals surface area contributed by atoms with Gasteiger partial charge in [0.15, 0.2) is 0 Å². The average molecular weight is 279 g/mol. The molecule has 0 aliphatic heterocycles. The number of anilines is 1. The number of rotatable bonds is 3. The third kappa shape index (κ3) is 2.37. The van der Waals surface area contributed by atoms with Gasteiger partial charge in [-0.1, -0.05) is 0 Å². The van der Waals surface area contributed by atoms with Crippen molar-refractivity contribution in [1.29, 1.82) is 0 Å². The van der Waals surface area contributed by atoms with Crippen LogP contribution in [0.3, 0.4) is 0 Å². The summed E-state index contributed by atoms with van der Waals surface area (Å²) in [4.78, 5) is 2.52. The maximum absolute atomic E-state index is 5.86. The third-order valence-corrected chi connectivity index (χ3v) is 4.57. The largest absolute Gasteiger partial charge is 0.384 e. The first kappa shape index (κ1) is 13.4. The Morgan fingerprint density at radius 2 is 1.78 bits per heavy atom. The van der Waals surface area contributed by atoms with Crippen LogP contribution in [-0.4, -0.2) is 22.3 Å². The summed E-state index contributed by atoms with van der Waals surface area (Å²) in [6.07, 6.45) is 4.18. The summed E-state index contributed by atoms with van der Waals surface area (Å²) >= 11 is 3.50. The lowest BCUT2D eigenvalue weighted by Crippen LogP contribution is -1.96. The molecule has 1 aromatic heterocycles. The molecule has 0 radical (unpaired) electrons. The average Bonchev–Trinajstić information content (AvgIpc) is 2.69. The van der Waals surface area contributed by atoms with E-state index in [2.05, 4.69) is 36.7 Å². The predicted molar refractivity (Wildman–Crippen MR) is 81.4 cm³/mol. The molecule has 0 spiro atoms. The van der Waals surface area contributed by atoms with Crippen molar-refractivity contribution < 1.29 is 0 Å². The Hall–Kier alpha value is -1.07. The zero-order valence-electron chi connectivity index (χ0n) is 11.0. The second-order valence-electron chi connectivity index (χ2n) is 4.10. The van der Waals surface area contributed by atoms with Gasteiger partial charge in [0.2, 0.25) is 0 Å². The van der Waals surface area contributed by atoms with E-state index < -0.39 is 0 Å². The van der Waals surface area contributed by atoms with Crippen molar-refractivity contribution >= 4 is 29.3 Å². The molecule has 5 heteroatoms. The van der Waals surface area contributed by atoms with Gasteiger partial charge in [0.25, 0.3) is 0 Å². The molecule has 0 bridgehead atoms. The van der Waals surface area contributed by atoms with Crippen molar-refractivity contribution in [2.45, 2.75) is 16.7 Å². The standard InChI is InChI=1S/C13H17N3S2/c1-8-5-12(18-4)9(6-11(8)17-3)10-7-13(14)16(2)15-10/h5-7H,14H2,1-4H3. The SMILES string of the molecule is CSc1cc(-c2cc(N)n(C)n2)c(SC)cc1C. The van der Waals surface area contributed by atoms with Gasteiger partial charge in [-0.15, -0.1) is 23.5 Å². The Labute approximate surface area is 116 Å². The minimum absolute atomic E-state index is 0.684. The number of nitrogens with two attached hydrogens (primary N) is 1. The normalized spacial score (nSPS) is 10.9. The second-order valence-corrected chi connectivity index (χ2v) is 5.80. The van der Waals surface area contributed by atoms with Crippen molar-refractivity contribution in [3.8, 4) is 11.3 Å². The van der Waals surface area contributed by atoms with Crippen LogP contribution in [0.4, 0.5) is 5.82 Å². The summed E-state index contributed by atoms with van der Waals surface area (Å²) in [5.41, 5.74) is 9.26. The number of hydrogen-bond acceptors (Lipinski definition) is 4. The molecule has 2 aromatic rings. The number of nitrogens with zero attached hydrogens (tertiary/aromatic N) is 2. The van der Waals surface area contributed by atoms with Gasteiger partial charge >= 0.3 is 0 Å². The van der Waals surface area contributed by atoms with Gasteiger partial charge < -0.3 is 5.73 Å². The van der Waals surface area contributed by atoms with Crippen LogP contribution in [0.2, 0.25) is 0 Å². The van der Waals surface area contributed by atoms with Gasteiger partial charge in [-0.25, -0.2) is 0 Å². The van der Waals surface area contributed by atoms with E-state index in [0.29, 0.717) is 5.82 Å². The first-order chi connectivity index (χ1) is 8.56. The Balaban J connectivity index is 2.61. The number of hydrogen-bond donors (Lipinski definition) is 1. The molecule has 0 aliphatic rings. The molecule has 0 amide bonds. The fraction of sp³-hybridized carbons (Fsp3) is 0.308. The summed E-state index contributed by atoms with van der Waals surface area (Å²) < 4.78 is 1.71. The molecule has 0 saturated carbocycles. The van der Waals surface area contributed by atoms with E-state index in [1.807, 2.05) is 13.1 Å². The second kappa shape index (κ2) is 5.28. The highest BCUT2D eigenvalue weighted by Crippen LogP contribution is 2.35. The molecule has 0 unspecified atom stereocenters. The molecule has 2 N–H and O–H groups in total. The van der Waals surface area contributed by atoms with Crippen molar-refractivity contribution in [3.63, 3.8) is 0 Å². The van der Waals surface area contributed by atoms with E-state index in [-0.39, 0.29) is 0 Å². The first-order valence-electron chi connectivity index (χ1n) is 5.59. The minimum Gasteiger partial charge on any atom is -0.384 e. The topological polar surface area (TPSA) is 43.8 Å². The summed E-state index contributed by atoms with van der Waals surface area (Å²) in [6.45, 7) is 2.14. The highest BCUT2D eigenvalue weighted by Gasteiger charge is 2.12. The molecule has 3 nitrogen and oxygen atoms in total. The molecule has 1 heterocycles. The fourth-order valence-corrected chi connectivity index (χ4v) is 3.16. The molecule has 0 atom stereocenters. The van der Waals surface area contributed by atoms with Crippen molar-refractivity contribution in [2.24, 2.45) is 7.05 Å². The molecule has 1 aromatic carbocycles. The number of aromatic nitrogens is 2. The predicted octanol–water partition coefficient (Wildman–Crippen LogP) is 3.42. The molecular weight excluding hydrogens is 262 g/mol. The van der Waals surface area contributed by atoms with Gasteiger partial charge in [-0.2, -0.15) is 5.10 Å². The van der Waals surface area contributed by atoms with E-state index in [4.69, 9.17) is 5.73 Å². The van der Waals surface area contributed by atoms with Crippen molar-refractivity contribution in [1.82, 2.24) is 9.78 Å². The molecule has 18 heavy (non-hydrogen) atoms. The summed E-state index contributed by atoms with van der Waals surface area (Å²) in [7, 11) is 1.86. The van der Waals surface area contributed by atoms with Gasteiger partial charge in [-0.05, 0) is 37.1 Å². The maximum atomic E-state index is 5.86. The van der Waals surface area contributed by atoms with E-state index in [0.717, 1.165) is 11.3 Å². The maximum Gasteiger partial charge on any atom is 0.121 e. The van der Waals surface area contributed by atoms with Gasteiger partial charge in [0.1, 0.15) is 5.82 Å². The van der Waals surface area contributed by atoms with Crippen molar-refractivity contribution in [3.05, 3.63) is 23.8 Å². The highest BCUT2D eigenvalue weighted by molar-refractivity contribution is 7.99. The summed E-state index contributed by atoms with van der Waals surface area (Å²) in [5, 5.41) is 4.46. The zero-order valence-corrected chi connectivity index (χ0v) is 12.7. The Bertz CT molecular complexity index is 556. The molecule has 0 aliphatic carbocycles. The number of nitrogen functional groups attached to an aromatic ring is 1. The van der Waals surface area contributed by atoms with Gasteiger partial charge in [-0.3, -0.25) is 4.68 Å². The Morgan fingerprint density at radius 3 is 2.28 bits per heavy atom. The smallest absolute Gasteiger partial charge is 0.121 e. The van der Waals surface area contributed by atoms with Crippen LogP contribution in [-0.2, 0) is 7.05 Å². The van der Waals surface area contributed by atoms with Crippen LogP contribution in [0.25, 0.3) is 11.3 Å². The van der Waals surface area contributed by atoms with Crippen LogP contribution < -0.4 is 5.73 Å². The molecule has 96 valence electrons. The van der Waals surface area contributed by atoms with Crippen LogP contribution in [0, 0.1) is 6.92 Å². The van der Waals surface area contributed by atoms with Gasteiger partial charge in [0.05, 0.1) is 5.69 Å². The van der Waals surface area contributed by atoms with E-state index in [9.17, 15) is 0 Å². The number of aryl methyl sites for hydroxylation is 2. The van der Waals surface area contributed by atoms with Crippen molar-refractivity contribution in [2.75, 3.05) is 18.2 Å². The highest BCUT2D eigenvalue weighted by atomic mass is 32.2. The zero-order chi connectivity index (χ0) is 13.3. The third-order valence-electron chi connectivity index (χ3n) is 2.91. The van der Waals surface area contributed by atoms with Crippen LogP contribution in [0.15, 0.2) is 28.0 Å². The lowest BCUT2D eigenvalue weighted by Gasteiger charge is -2.10. The fourth-order valence-electron chi connectivity index (χ4n) is 1.86. The Morgan fingerprint density at radius 1 is 1.11 bits per heavy atom. The summed E-state index contributed by atoms with van der Waals surface area (Å²) in [6, 6.07) is 6.35.